The summed E-state index contributed by atoms with van der Waals surface area (Å²) in [7, 11) is 0. The normalized spacial score (nSPS) is 10.6. The molecule has 5 nitrogen and oxygen atoms in total. The van der Waals surface area contributed by atoms with Gasteiger partial charge in [-0.2, -0.15) is 11.8 Å². The summed E-state index contributed by atoms with van der Waals surface area (Å²) >= 11 is 1.72. The highest BCUT2D eigenvalue weighted by molar-refractivity contribution is 7.97. The Hall–Kier alpha value is -0.620. The Labute approximate surface area is 82.1 Å². The maximum atomic E-state index is 5.40. The molecule has 0 fully saturated rings. The van der Waals surface area contributed by atoms with Crippen LogP contribution in [-0.2, 0) is 12.3 Å². The summed E-state index contributed by atoms with van der Waals surface area (Å²) in [6.45, 7) is 1.61. The molecule has 1 heterocycles. The van der Waals surface area contributed by atoms with E-state index in [1.807, 2.05) is 10.9 Å². The van der Waals surface area contributed by atoms with E-state index >= 15 is 0 Å². The van der Waals surface area contributed by atoms with Crippen LogP contribution in [0, 0.1) is 0 Å². The highest BCUT2D eigenvalue weighted by Gasteiger charge is 2.03. The van der Waals surface area contributed by atoms with Gasteiger partial charge in [-0.25, -0.2) is 4.68 Å². The summed E-state index contributed by atoms with van der Waals surface area (Å²) in [6.07, 6.45) is 4.11. The number of hydrogen-bond donors (Lipinski definition) is 1. The molecule has 0 saturated heterocycles. The maximum absolute atomic E-state index is 5.40. The zero-order valence-electron chi connectivity index (χ0n) is 7.81. The number of nitrogens with zero attached hydrogens (tertiary/aromatic N) is 4. The predicted octanol–water partition coefficient (Wildman–Crippen LogP) is 0.275. The summed E-state index contributed by atoms with van der Waals surface area (Å²) in [5, 5.41) is 11.5. The van der Waals surface area contributed by atoms with Gasteiger partial charge in [-0.05, 0) is 36.1 Å². The van der Waals surface area contributed by atoms with E-state index in [2.05, 4.69) is 15.5 Å². The van der Waals surface area contributed by atoms with Crippen LogP contribution >= 0.6 is 11.8 Å². The molecule has 0 aliphatic heterocycles. The van der Waals surface area contributed by atoms with E-state index in [4.69, 9.17) is 5.73 Å². The van der Waals surface area contributed by atoms with Gasteiger partial charge in [0.05, 0.1) is 5.75 Å². The van der Waals surface area contributed by atoms with Crippen molar-refractivity contribution >= 4 is 11.8 Å². The molecular weight excluding hydrogens is 186 g/mol. The third-order valence-electron chi connectivity index (χ3n) is 1.70. The van der Waals surface area contributed by atoms with Gasteiger partial charge in [-0.15, -0.1) is 5.10 Å². The molecule has 0 unspecified atom stereocenters. The third-order valence-corrected chi connectivity index (χ3v) is 2.25. The van der Waals surface area contributed by atoms with Gasteiger partial charge < -0.3 is 5.73 Å². The average molecular weight is 201 g/mol. The third kappa shape index (κ3) is 3.31. The fourth-order valence-corrected chi connectivity index (χ4v) is 1.50. The van der Waals surface area contributed by atoms with Crippen molar-refractivity contribution in [1.29, 1.82) is 0 Å². The molecule has 2 N–H and O–H groups in total. The van der Waals surface area contributed by atoms with Crippen molar-refractivity contribution in [3.63, 3.8) is 0 Å². The minimum absolute atomic E-state index is 0.736. The van der Waals surface area contributed by atoms with Gasteiger partial charge >= 0.3 is 0 Å². The second-order valence-corrected chi connectivity index (χ2v) is 3.61. The minimum Gasteiger partial charge on any atom is -0.330 e. The van der Waals surface area contributed by atoms with Crippen LogP contribution in [0.25, 0.3) is 0 Å². The Kier molecular flexibility index (Phi) is 4.77. The minimum atomic E-state index is 0.736. The van der Waals surface area contributed by atoms with E-state index in [0.29, 0.717) is 0 Å². The van der Waals surface area contributed by atoms with E-state index in [-0.39, 0.29) is 0 Å². The molecule has 0 saturated carbocycles. The standard InChI is InChI=1S/C7H15N5S/c1-13-6-7-9-10-11-12(7)5-3-2-4-8/h2-6,8H2,1H3. The summed E-state index contributed by atoms with van der Waals surface area (Å²) < 4.78 is 1.85. The molecule has 74 valence electrons. The average Bonchev–Trinajstić information content (AvgIpc) is 2.54. The quantitative estimate of drug-likeness (QED) is 0.669. The number of hydrogen-bond acceptors (Lipinski definition) is 5. The van der Waals surface area contributed by atoms with Crippen molar-refractivity contribution in [3.8, 4) is 0 Å². The van der Waals surface area contributed by atoms with Gasteiger partial charge in [-0.1, -0.05) is 0 Å². The number of unbranched alkanes of at least 4 members (excludes halogenated alkanes) is 1. The van der Waals surface area contributed by atoms with E-state index in [0.717, 1.165) is 37.5 Å². The van der Waals surface area contributed by atoms with E-state index in [1.165, 1.54) is 0 Å². The van der Waals surface area contributed by atoms with Crippen molar-refractivity contribution in [2.75, 3.05) is 12.8 Å². The van der Waals surface area contributed by atoms with E-state index in [1.54, 1.807) is 11.8 Å². The lowest BCUT2D eigenvalue weighted by Gasteiger charge is -2.01. The van der Waals surface area contributed by atoms with Crippen LogP contribution in [-0.4, -0.2) is 33.0 Å². The lowest BCUT2D eigenvalue weighted by Crippen LogP contribution is -2.07. The fourth-order valence-electron chi connectivity index (χ4n) is 1.04. The lowest BCUT2D eigenvalue weighted by molar-refractivity contribution is 0.533. The first-order valence-electron chi connectivity index (χ1n) is 4.32. The second-order valence-electron chi connectivity index (χ2n) is 2.75. The number of thioether (sulfide) groups is 1. The molecule has 0 bridgehead atoms. The largest absolute Gasteiger partial charge is 0.330 e. The topological polar surface area (TPSA) is 69.6 Å². The highest BCUT2D eigenvalue weighted by atomic mass is 32.2. The molecule has 0 aliphatic rings. The number of aromatic nitrogens is 4. The van der Waals surface area contributed by atoms with Crippen LogP contribution in [0.3, 0.4) is 0 Å². The Bertz CT molecular complexity index is 237. The summed E-state index contributed by atoms with van der Waals surface area (Å²) in [5.41, 5.74) is 5.40. The van der Waals surface area contributed by atoms with E-state index in [9.17, 15) is 0 Å². The van der Waals surface area contributed by atoms with Gasteiger partial charge in [0.2, 0.25) is 0 Å². The Morgan fingerprint density at radius 3 is 3.00 bits per heavy atom. The first kappa shape index (κ1) is 10.5. The molecule has 0 amide bonds. The summed E-state index contributed by atoms with van der Waals surface area (Å²) in [5.74, 6) is 1.82. The molecule has 6 heteroatoms. The van der Waals surface area contributed by atoms with Crippen molar-refractivity contribution < 1.29 is 0 Å². The smallest absolute Gasteiger partial charge is 0.161 e. The van der Waals surface area contributed by atoms with Crippen LogP contribution in [0.15, 0.2) is 0 Å². The molecular formula is C7H15N5S. The lowest BCUT2D eigenvalue weighted by atomic mass is 10.3. The van der Waals surface area contributed by atoms with Gasteiger partial charge in [-0.3, -0.25) is 0 Å². The Balaban J connectivity index is 2.40. The molecule has 0 spiro atoms. The van der Waals surface area contributed by atoms with Crippen LogP contribution in [0.2, 0.25) is 0 Å². The van der Waals surface area contributed by atoms with Crippen LogP contribution in [0.5, 0.6) is 0 Å². The van der Waals surface area contributed by atoms with Crippen LogP contribution < -0.4 is 5.73 Å². The highest BCUT2D eigenvalue weighted by Crippen LogP contribution is 2.05. The van der Waals surface area contributed by atoms with E-state index < -0.39 is 0 Å². The second kappa shape index (κ2) is 5.93. The molecule has 0 atom stereocenters. The maximum Gasteiger partial charge on any atom is 0.161 e. The number of aryl methyl sites for hydroxylation is 1. The predicted molar refractivity (Wildman–Crippen MR) is 53.3 cm³/mol. The first-order chi connectivity index (χ1) is 6.38. The molecule has 0 aromatic carbocycles. The number of rotatable bonds is 6. The summed E-state index contributed by atoms with van der Waals surface area (Å²) in [6, 6.07) is 0. The summed E-state index contributed by atoms with van der Waals surface area (Å²) in [4.78, 5) is 0. The first-order valence-corrected chi connectivity index (χ1v) is 5.72. The van der Waals surface area contributed by atoms with Crippen molar-refractivity contribution in [2.45, 2.75) is 25.1 Å². The molecule has 1 rings (SSSR count). The molecule has 13 heavy (non-hydrogen) atoms. The monoisotopic (exact) mass is 201 g/mol. The SMILES string of the molecule is CSCc1nnnn1CCCCN. The van der Waals surface area contributed by atoms with Crippen molar-refractivity contribution in [2.24, 2.45) is 5.73 Å². The Morgan fingerprint density at radius 1 is 1.46 bits per heavy atom. The molecule has 0 aliphatic carbocycles. The number of nitrogens with two attached hydrogens (primary N) is 1. The van der Waals surface area contributed by atoms with Crippen molar-refractivity contribution in [1.82, 2.24) is 20.2 Å². The molecule has 1 aromatic heterocycles. The Morgan fingerprint density at radius 2 is 2.31 bits per heavy atom. The van der Waals surface area contributed by atoms with Crippen molar-refractivity contribution in [3.05, 3.63) is 5.82 Å². The van der Waals surface area contributed by atoms with Gasteiger partial charge in [0.1, 0.15) is 0 Å². The van der Waals surface area contributed by atoms with Gasteiger partial charge in [0.25, 0.3) is 0 Å². The molecule has 0 radical (unpaired) electrons. The van der Waals surface area contributed by atoms with Gasteiger partial charge in [0, 0.05) is 6.54 Å². The number of tetrazole rings is 1. The zero-order chi connectivity index (χ0) is 9.52. The van der Waals surface area contributed by atoms with Crippen LogP contribution in [0.4, 0.5) is 0 Å². The fraction of sp³-hybridized carbons (Fsp3) is 0.857. The zero-order valence-corrected chi connectivity index (χ0v) is 8.63. The van der Waals surface area contributed by atoms with Crippen LogP contribution in [0.1, 0.15) is 18.7 Å². The molecule has 1 aromatic rings. The van der Waals surface area contributed by atoms with Gasteiger partial charge in [0.15, 0.2) is 5.82 Å².